The molecule has 0 atom stereocenters. The molecule has 2 rings (SSSR count). The Bertz CT molecular complexity index is 431. The summed E-state index contributed by atoms with van der Waals surface area (Å²) in [5.41, 5.74) is 1.45. The molecule has 0 unspecified atom stereocenters. The monoisotopic (exact) mass is 237 g/mol. The van der Waals surface area contributed by atoms with Crippen LogP contribution in [0.3, 0.4) is 0 Å². The summed E-state index contributed by atoms with van der Waals surface area (Å²) in [5, 5.41) is 0. The third-order valence-electron chi connectivity index (χ3n) is 2.65. The van der Waals surface area contributed by atoms with Gasteiger partial charge in [-0.3, -0.25) is 14.5 Å². The predicted molar refractivity (Wildman–Crippen MR) is 61.5 cm³/mol. The molecule has 1 aliphatic heterocycles. The van der Waals surface area contributed by atoms with Crippen molar-refractivity contribution in [1.29, 1.82) is 0 Å². The summed E-state index contributed by atoms with van der Waals surface area (Å²) >= 11 is 5.57. The van der Waals surface area contributed by atoms with Crippen molar-refractivity contribution in [2.24, 2.45) is 0 Å². The Morgan fingerprint density at radius 2 is 2.00 bits per heavy atom. The fraction of sp³-hybridized carbons (Fsp3) is 0.333. The standard InChI is InChI=1S/C12H12ClNO2/c13-6-3-7-14-11(15)8-9-4-1-2-5-10(9)12(14)16/h1-2,4-5H,3,6-8H2. The van der Waals surface area contributed by atoms with E-state index in [1.807, 2.05) is 18.2 Å². The number of hydrogen-bond acceptors (Lipinski definition) is 2. The summed E-state index contributed by atoms with van der Waals surface area (Å²) in [7, 11) is 0. The zero-order valence-corrected chi connectivity index (χ0v) is 9.54. The molecule has 0 aliphatic carbocycles. The topological polar surface area (TPSA) is 37.4 Å². The second-order valence-electron chi connectivity index (χ2n) is 3.73. The summed E-state index contributed by atoms with van der Waals surface area (Å²) < 4.78 is 0. The third-order valence-corrected chi connectivity index (χ3v) is 2.92. The van der Waals surface area contributed by atoms with Crippen LogP contribution < -0.4 is 0 Å². The van der Waals surface area contributed by atoms with Gasteiger partial charge in [-0.15, -0.1) is 11.6 Å². The summed E-state index contributed by atoms with van der Waals surface area (Å²) in [6.07, 6.45) is 0.950. The lowest BCUT2D eigenvalue weighted by molar-refractivity contribution is -0.128. The quantitative estimate of drug-likeness (QED) is 0.594. The number of hydrogen-bond donors (Lipinski definition) is 0. The maximum atomic E-state index is 12.0. The Kier molecular flexibility index (Phi) is 3.25. The van der Waals surface area contributed by atoms with Crippen molar-refractivity contribution in [3.05, 3.63) is 35.4 Å². The second-order valence-corrected chi connectivity index (χ2v) is 4.10. The van der Waals surface area contributed by atoms with Crippen molar-refractivity contribution < 1.29 is 9.59 Å². The molecule has 4 heteroatoms. The van der Waals surface area contributed by atoms with Gasteiger partial charge in [0.1, 0.15) is 0 Å². The van der Waals surface area contributed by atoms with Gasteiger partial charge in [0.05, 0.1) is 6.42 Å². The molecule has 1 heterocycles. The van der Waals surface area contributed by atoms with Crippen LogP contribution in [0.4, 0.5) is 0 Å². The fourth-order valence-electron chi connectivity index (χ4n) is 1.84. The largest absolute Gasteiger partial charge is 0.278 e. The predicted octanol–water partition coefficient (Wildman–Crippen LogP) is 1.84. The molecule has 0 saturated heterocycles. The first kappa shape index (κ1) is 11.1. The third kappa shape index (κ3) is 1.95. The summed E-state index contributed by atoms with van der Waals surface area (Å²) in [6.45, 7) is 0.412. The van der Waals surface area contributed by atoms with E-state index in [0.717, 1.165) is 5.56 Å². The first-order valence-corrected chi connectivity index (χ1v) is 5.76. The van der Waals surface area contributed by atoms with E-state index in [4.69, 9.17) is 11.6 Å². The van der Waals surface area contributed by atoms with Gasteiger partial charge in [-0.2, -0.15) is 0 Å². The van der Waals surface area contributed by atoms with E-state index < -0.39 is 0 Å². The van der Waals surface area contributed by atoms with Crippen LogP contribution in [0.5, 0.6) is 0 Å². The molecule has 1 aliphatic rings. The van der Waals surface area contributed by atoms with Gasteiger partial charge in [-0.05, 0) is 18.1 Å². The van der Waals surface area contributed by atoms with Crippen molar-refractivity contribution in [3.63, 3.8) is 0 Å². The minimum Gasteiger partial charge on any atom is -0.278 e. The van der Waals surface area contributed by atoms with E-state index in [1.165, 1.54) is 4.90 Å². The van der Waals surface area contributed by atoms with Crippen LogP contribution in [-0.2, 0) is 11.2 Å². The van der Waals surface area contributed by atoms with E-state index in [1.54, 1.807) is 6.07 Å². The number of alkyl halides is 1. The summed E-state index contributed by atoms with van der Waals surface area (Å²) in [6, 6.07) is 7.24. The Labute approximate surface area is 99.0 Å². The van der Waals surface area contributed by atoms with Gasteiger partial charge >= 0.3 is 0 Å². The van der Waals surface area contributed by atoms with Gasteiger partial charge in [0.25, 0.3) is 5.91 Å². The normalized spacial score (nSPS) is 15.2. The molecule has 16 heavy (non-hydrogen) atoms. The number of rotatable bonds is 3. The lowest BCUT2D eigenvalue weighted by atomic mass is 9.98. The van der Waals surface area contributed by atoms with Crippen LogP contribution in [0.15, 0.2) is 24.3 Å². The summed E-state index contributed by atoms with van der Waals surface area (Å²) in [5.74, 6) is 0.129. The lowest BCUT2D eigenvalue weighted by Gasteiger charge is -2.26. The zero-order valence-electron chi connectivity index (χ0n) is 8.78. The highest BCUT2D eigenvalue weighted by Gasteiger charge is 2.29. The molecule has 0 radical (unpaired) electrons. The molecular weight excluding hydrogens is 226 g/mol. The van der Waals surface area contributed by atoms with Gasteiger partial charge in [0, 0.05) is 18.0 Å². The second kappa shape index (κ2) is 4.66. The summed E-state index contributed by atoms with van der Waals surface area (Å²) in [4.78, 5) is 25.0. The van der Waals surface area contributed by atoms with Crippen molar-refractivity contribution in [3.8, 4) is 0 Å². The van der Waals surface area contributed by atoms with E-state index >= 15 is 0 Å². The van der Waals surface area contributed by atoms with Gasteiger partial charge in [0.2, 0.25) is 5.91 Å². The zero-order chi connectivity index (χ0) is 11.5. The van der Waals surface area contributed by atoms with E-state index in [0.29, 0.717) is 30.8 Å². The number of nitrogens with zero attached hydrogens (tertiary/aromatic N) is 1. The maximum Gasteiger partial charge on any atom is 0.260 e. The highest BCUT2D eigenvalue weighted by atomic mass is 35.5. The van der Waals surface area contributed by atoms with Crippen molar-refractivity contribution >= 4 is 23.4 Å². The molecule has 0 spiro atoms. The molecule has 84 valence electrons. The highest BCUT2D eigenvalue weighted by Crippen LogP contribution is 2.19. The van der Waals surface area contributed by atoms with E-state index in [9.17, 15) is 9.59 Å². The molecule has 0 saturated carbocycles. The Morgan fingerprint density at radius 1 is 1.25 bits per heavy atom. The smallest absolute Gasteiger partial charge is 0.260 e. The Balaban J connectivity index is 2.27. The van der Waals surface area contributed by atoms with Crippen LogP contribution in [0, 0.1) is 0 Å². The number of amides is 2. The first-order valence-electron chi connectivity index (χ1n) is 5.22. The average Bonchev–Trinajstić information content (AvgIpc) is 2.29. The van der Waals surface area contributed by atoms with E-state index in [2.05, 4.69) is 0 Å². The fourth-order valence-corrected chi connectivity index (χ4v) is 1.96. The van der Waals surface area contributed by atoms with Gasteiger partial charge in [0.15, 0.2) is 0 Å². The molecule has 1 aromatic rings. The van der Waals surface area contributed by atoms with Crippen molar-refractivity contribution in [2.45, 2.75) is 12.8 Å². The van der Waals surface area contributed by atoms with Gasteiger partial charge in [-0.25, -0.2) is 0 Å². The van der Waals surface area contributed by atoms with Gasteiger partial charge in [-0.1, -0.05) is 18.2 Å². The molecule has 1 aromatic carbocycles. The minimum absolute atomic E-state index is 0.131. The van der Waals surface area contributed by atoms with Crippen LogP contribution in [-0.4, -0.2) is 29.1 Å². The number of halogens is 1. The molecule has 0 bridgehead atoms. The number of fused-ring (bicyclic) bond motifs is 1. The molecule has 2 amide bonds. The Morgan fingerprint density at radius 3 is 2.75 bits per heavy atom. The minimum atomic E-state index is -0.197. The number of imide groups is 1. The lowest BCUT2D eigenvalue weighted by Crippen LogP contribution is -2.42. The average molecular weight is 238 g/mol. The van der Waals surface area contributed by atoms with Crippen LogP contribution in [0.2, 0.25) is 0 Å². The van der Waals surface area contributed by atoms with Crippen molar-refractivity contribution in [1.82, 2.24) is 4.90 Å². The van der Waals surface area contributed by atoms with Gasteiger partial charge < -0.3 is 0 Å². The molecule has 0 fully saturated rings. The highest BCUT2D eigenvalue weighted by molar-refractivity contribution is 6.18. The number of carbonyl (C=O) groups is 2. The number of carbonyl (C=O) groups excluding carboxylic acids is 2. The number of benzene rings is 1. The molecular formula is C12H12ClNO2. The van der Waals surface area contributed by atoms with E-state index in [-0.39, 0.29) is 11.8 Å². The van der Waals surface area contributed by atoms with Crippen LogP contribution in [0.1, 0.15) is 22.3 Å². The van der Waals surface area contributed by atoms with Crippen molar-refractivity contribution in [2.75, 3.05) is 12.4 Å². The maximum absolute atomic E-state index is 12.0. The SMILES string of the molecule is O=C1Cc2ccccc2C(=O)N1CCCCl. The van der Waals surface area contributed by atoms with Crippen LogP contribution in [0.25, 0.3) is 0 Å². The van der Waals surface area contributed by atoms with Crippen LogP contribution >= 0.6 is 11.6 Å². The first-order chi connectivity index (χ1) is 7.74. The molecule has 0 N–H and O–H groups in total. The molecule has 0 aromatic heterocycles. The Hall–Kier alpha value is -1.35. The molecule has 3 nitrogen and oxygen atoms in total.